The number of hydrogen-bond donors (Lipinski definition) is 2. The molecule has 1 aromatic carbocycles. The van der Waals surface area contributed by atoms with E-state index in [4.69, 9.17) is 9.84 Å². The first kappa shape index (κ1) is 15.5. The Kier molecular flexibility index (Phi) is 6.97. The quantitative estimate of drug-likeness (QED) is 0.753. The maximum absolute atomic E-state index is 11.6. The Bertz CT molecular complexity index is 371. The Morgan fingerprint density at radius 2 is 2.00 bits per heavy atom. The molecule has 0 bridgehead atoms. The predicted octanol–water partition coefficient (Wildman–Crippen LogP) is 1.76. The number of carbonyl (C=O) groups excluding carboxylic acids is 1. The summed E-state index contributed by atoms with van der Waals surface area (Å²) < 4.78 is 5.37. The molecule has 1 unspecified atom stereocenters. The number of hydrogen-bond acceptors (Lipinski definition) is 3. The van der Waals surface area contributed by atoms with E-state index in [1.807, 2.05) is 38.1 Å². The standard InChI is InChI=1S/C15H23NO3/c1-3-13(11-17)15(18)16-10-9-12-5-7-14(8-6-12)19-4-2/h5-8,13,17H,3-4,9-11H2,1-2H3,(H,16,18). The van der Waals surface area contributed by atoms with Crippen LogP contribution in [0.25, 0.3) is 0 Å². The molecule has 0 saturated heterocycles. The summed E-state index contributed by atoms with van der Waals surface area (Å²) in [7, 11) is 0. The lowest BCUT2D eigenvalue weighted by molar-refractivity contribution is -0.126. The summed E-state index contributed by atoms with van der Waals surface area (Å²) in [5.41, 5.74) is 1.15. The van der Waals surface area contributed by atoms with Crippen molar-refractivity contribution in [1.82, 2.24) is 5.32 Å². The Morgan fingerprint density at radius 1 is 1.32 bits per heavy atom. The number of benzene rings is 1. The maximum atomic E-state index is 11.6. The number of carbonyl (C=O) groups is 1. The fraction of sp³-hybridized carbons (Fsp3) is 0.533. The molecule has 0 radical (unpaired) electrons. The minimum atomic E-state index is -0.291. The number of aliphatic hydroxyl groups is 1. The van der Waals surface area contributed by atoms with Crippen molar-refractivity contribution in [1.29, 1.82) is 0 Å². The minimum absolute atomic E-state index is 0.0732. The second kappa shape index (κ2) is 8.53. The Morgan fingerprint density at radius 3 is 2.53 bits per heavy atom. The molecular formula is C15H23NO3. The van der Waals surface area contributed by atoms with Crippen molar-refractivity contribution in [3.05, 3.63) is 29.8 Å². The number of aliphatic hydroxyl groups excluding tert-OH is 1. The van der Waals surface area contributed by atoms with Crippen LogP contribution >= 0.6 is 0 Å². The first-order valence-electron chi connectivity index (χ1n) is 6.81. The SMILES string of the molecule is CCOc1ccc(CCNC(=O)C(CC)CO)cc1. The highest BCUT2D eigenvalue weighted by molar-refractivity contribution is 5.78. The zero-order valence-electron chi connectivity index (χ0n) is 11.7. The zero-order chi connectivity index (χ0) is 14.1. The van der Waals surface area contributed by atoms with Crippen molar-refractivity contribution in [2.45, 2.75) is 26.7 Å². The van der Waals surface area contributed by atoms with Gasteiger partial charge in [-0.3, -0.25) is 4.79 Å². The molecule has 0 heterocycles. The molecule has 0 spiro atoms. The average molecular weight is 265 g/mol. The molecule has 0 aliphatic heterocycles. The lowest BCUT2D eigenvalue weighted by Crippen LogP contribution is -2.33. The van der Waals surface area contributed by atoms with Gasteiger partial charge in [-0.1, -0.05) is 19.1 Å². The van der Waals surface area contributed by atoms with Crippen LogP contribution in [0.2, 0.25) is 0 Å². The monoisotopic (exact) mass is 265 g/mol. The molecule has 2 N–H and O–H groups in total. The molecule has 0 aromatic heterocycles. The van der Waals surface area contributed by atoms with Crippen molar-refractivity contribution < 1.29 is 14.6 Å². The van der Waals surface area contributed by atoms with E-state index < -0.39 is 0 Å². The number of ether oxygens (including phenoxy) is 1. The van der Waals surface area contributed by atoms with Gasteiger partial charge in [-0.25, -0.2) is 0 Å². The van der Waals surface area contributed by atoms with E-state index in [2.05, 4.69) is 5.32 Å². The second-order valence-electron chi connectivity index (χ2n) is 4.41. The third kappa shape index (κ3) is 5.30. The van der Waals surface area contributed by atoms with Gasteiger partial charge < -0.3 is 15.2 Å². The first-order valence-corrected chi connectivity index (χ1v) is 6.81. The van der Waals surface area contributed by atoms with Gasteiger partial charge >= 0.3 is 0 Å². The molecular weight excluding hydrogens is 242 g/mol. The summed E-state index contributed by atoms with van der Waals surface area (Å²) in [5, 5.41) is 11.9. The summed E-state index contributed by atoms with van der Waals surface area (Å²) in [6.45, 7) is 5.01. The van der Waals surface area contributed by atoms with Crippen molar-refractivity contribution in [2.24, 2.45) is 5.92 Å². The van der Waals surface area contributed by atoms with E-state index in [9.17, 15) is 4.79 Å². The van der Waals surface area contributed by atoms with Gasteiger partial charge in [0.15, 0.2) is 0 Å². The van der Waals surface area contributed by atoms with E-state index in [0.29, 0.717) is 19.6 Å². The molecule has 1 rings (SSSR count). The number of rotatable bonds is 8. The van der Waals surface area contributed by atoms with E-state index >= 15 is 0 Å². The molecule has 19 heavy (non-hydrogen) atoms. The molecule has 4 heteroatoms. The molecule has 0 saturated carbocycles. The van der Waals surface area contributed by atoms with Crippen LogP contribution in [0.3, 0.4) is 0 Å². The first-order chi connectivity index (χ1) is 9.21. The molecule has 1 aromatic rings. The van der Waals surface area contributed by atoms with Gasteiger partial charge in [0, 0.05) is 6.54 Å². The van der Waals surface area contributed by atoms with Crippen molar-refractivity contribution in [2.75, 3.05) is 19.8 Å². The maximum Gasteiger partial charge on any atom is 0.225 e. The summed E-state index contributed by atoms with van der Waals surface area (Å²) in [6, 6.07) is 7.87. The third-order valence-electron chi connectivity index (χ3n) is 3.03. The van der Waals surface area contributed by atoms with E-state index in [0.717, 1.165) is 17.7 Å². The van der Waals surface area contributed by atoms with Crippen LogP contribution in [0.4, 0.5) is 0 Å². The van der Waals surface area contributed by atoms with Crippen molar-refractivity contribution in [3.63, 3.8) is 0 Å². The molecule has 0 aliphatic rings. The Hall–Kier alpha value is -1.55. The fourth-order valence-corrected chi connectivity index (χ4v) is 1.79. The van der Waals surface area contributed by atoms with Crippen LogP contribution in [0, 0.1) is 5.92 Å². The van der Waals surface area contributed by atoms with Crippen LogP contribution in [-0.2, 0) is 11.2 Å². The van der Waals surface area contributed by atoms with Crippen LogP contribution in [-0.4, -0.2) is 30.8 Å². The van der Waals surface area contributed by atoms with Crippen LogP contribution in [0.5, 0.6) is 5.75 Å². The molecule has 0 fully saturated rings. The number of nitrogens with one attached hydrogen (secondary N) is 1. The lowest BCUT2D eigenvalue weighted by Gasteiger charge is -2.12. The largest absolute Gasteiger partial charge is 0.494 e. The highest BCUT2D eigenvalue weighted by Gasteiger charge is 2.13. The van der Waals surface area contributed by atoms with E-state index in [1.165, 1.54) is 0 Å². The smallest absolute Gasteiger partial charge is 0.225 e. The summed E-state index contributed by atoms with van der Waals surface area (Å²) in [4.78, 5) is 11.6. The summed E-state index contributed by atoms with van der Waals surface area (Å²) >= 11 is 0. The Labute approximate surface area is 114 Å². The van der Waals surface area contributed by atoms with Gasteiger partial charge in [0.05, 0.1) is 19.1 Å². The van der Waals surface area contributed by atoms with Gasteiger partial charge in [0.2, 0.25) is 5.91 Å². The molecule has 0 aliphatic carbocycles. The lowest BCUT2D eigenvalue weighted by atomic mass is 10.1. The summed E-state index contributed by atoms with van der Waals surface area (Å²) in [6.07, 6.45) is 1.44. The third-order valence-corrected chi connectivity index (χ3v) is 3.03. The van der Waals surface area contributed by atoms with Crippen LogP contribution in [0.1, 0.15) is 25.8 Å². The van der Waals surface area contributed by atoms with Gasteiger partial charge in [0.25, 0.3) is 0 Å². The van der Waals surface area contributed by atoms with Gasteiger partial charge in [-0.15, -0.1) is 0 Å². The van der Waals surface area contributed by atoms with Gasteiger partial charge in [-0.05, 0) is 37.5 Å². The van der Waals surface area contributed by atoms with E-state index in [1.54, 1.807) is 0 Å². The molecule has 1 atom stereocenters. The normalized spacial score (nSPS) is 11.9. The predicted molar refractivity (Wildman–Crippen MR) is 75.2 cm³/mol. The number of amides is 1. The van der Waals surface area contributed by atoms with Crippen molar-refractivity contribution >= 4 is 5.91 Å². The molecule has 106 valence electrons. The average Bonchev–Trinajstić information content (AvgIpc) is 2.42. The topological polar surface area (TPSA) is 58.6 Å². The van der Waals surface area contributed by atoms with Crippen LogP contribution < -0.4 is 10.1 Å². The van der Waals surface area contributed by atoms with Crippen molar-refractivity contribution in [3.8, 4) is 5.75 Å². The second-order valence-corrected chi connectivity index (χ2v) is 4.41. The summed E-state index contributed by atoms with van der Waals surface area (Å²) in [5.74, 6) is 0.498. The highest BCUT2D eigenvalue weighted by Crippen LogP contribution is 2.12. The minimum Gasteiger partial charge on any atom is -0.494 e. The van der Waals surface area contributed by atoms with Gasteiger partial charge in [-0.2, -0.15) is 0 Å². The van der Waals surface area contributed by atoms with Gasteiger partial charge in [0.1, 0.15) is 5.75 Å². The fourth-order valence-electron chi connectivity index (χ4n) is 1.79. The molecule has 1 amide bonds. The van der Waals surface area contributed by atoms with E-state index in [-0.39, 0.29) is 18.4 Å². The highest BCUT2D eigenvalue weighted by atomic mass is 16.5. The molecule has 4 nitrogen and oxygen atoms in total. The zero-order valence-corrected chi connectivity index (χ0v) is 11.7. The Balaban J connectivity index is 2.34. The van der Waals surface area contributed by atoms with Crippen LogP contribution in [0.15, 0.2) is 24.3 Å².